The van der Waals surface area contributed by atoms with E-state index in [0.717, 1.165) is 6.92 Å². The summed E-state index contributed by atoms with van der Waals surface area (Å²) >= 11 is 0. The second-order valence-corrected chi connectivity index (χ2v) is 12.4. The molecule has 10 unspecified atom stereocenters. The monoisotopic (exact) mass is 568 g/mol. The Balaban J connectivity index is 2.16. The summed E-state index contributed by atoms with van der Waals surface area (Å²) in [5.41, 5.74) is -5.92. The lowest BCUT2D eigenvalue weighted by Crippen LogP contribution is -2.79. The number of carbonyl (C=O) groups is 4. The summed E-state index contributed by atoms with van der Waals surface area (Å²) in [6.07, 6.45) is -7.61. The molecule has 12 heteroatoms. The largest absolute Gasteiger partial charge is 0.462 e. The Kier molecular flexibility index (Phi) is 7.44. The van der Waals surface area contributed by atoms with Crippen molar-refractivity contribution in [3.63, 3.8) is 0 Å². The third-order valence-electron chi connectivity index (χ3n) is 9.61. The number of hydrogen-bond donors (Lipinski definition) is 3. The molecule has 0 aromatic rings. The zero-order valence-corrected chi connectivity index (χ0v) is 24.2. The smallest absolute Gasteiger partial charge is 0.303 e. The van der Waals surface area contributed by atoms with Crippen LogP contribution >= 0.6 is 0 Å². The van der Waals surface area contributed by atoms with Crippen LogP contribution in [0.25, 0.3) is 0 Å². The van der Waals surface area contributed by atoms with Crippen LogP contribution in [0.15, 0.2) is 11.1 Å². The third kappa shape index (κ3) is 4.17. The molecule has 224 valence electrons. The van der Waals surface area contributed by atoms with Crippen molar-refractivity contribution in [3.8, 4) is 0 Å². The summed E-state index contributed by atoms with van der Waals surface area (Å²) < 4.78 is 29.4. The van der Waals surface area contributed by atoms with Crippen LogP contribution in [0.4, 0.5) is 0 Å². The molecule has 3 aliphatic carbocycles. The zero-order valence-electron chi connectivity index (χ0n) is 24.2. The van der Waals surface area contributed by atoms with Gasteiger partial charge in [0.1, 0.15) is 24.4 Å². The van der Waals surface area contributed by atoms with Crippen LogP contribution in [-0.2, 0) is 42.9 Å². The minimum absolute atomic E-state index is 0.0205. The van der Waals surface area contributed by atoms with Gasteiger partial charge in [-0.2, -0.15) is 0 Å². The van der Waals surface area contributed by atoms with Gasteiger partial charge in [-0.1, -0.05) is 6.92 Å². The highest BCUT2D eigenvalue weighted by atomic mass is 16.6. The first kappa shape index (κ1) is 30.4. The molecule has 0 spiro atoms. The minimum Gasteiger partial charge on any atom is -0.462 e. The van der Waals surface area contributed by atoms with E-state index >= 15 is 0 Å². The zero-order chi connectivity index (χ0) is 30.2. The maximum atomic E-state index is 12.8. The van der Waals surface area contributed by atoms with Crippen molar-refractivity contribution < 1.29 is 58.2 Å². The predicted octanol–water partition coefficient (Wildman–Crippen LogP) is 0.721. The van der Waals surface area contributed by atoms with Crippen molar-refractivity contribution in [1.29, 1.82) is 0 Å². The Labute approximate surface area is 232 Å². The van der Waals surface area contributed by atoms with Crippen molar-refractivity contribution in [2.45, 2.75) is 116 Å². The molecule has 0 aromatic carbocycles. The lowest BCUT2D eigenvalue weighted by atomic mass is 9.49. The quantitative estimate of drug-likeness (QED) is 0.241. The van der Waals surface area contributed by atoms with E-state index in [1.165, 1.54) is 34.6 Å². The van der Waals surface area contributed by atoms with Gasteiger partial charge < -0.3 is 39.0 Å². The Bertz CT molecular complexity index is 1140. The van der Waals surface area contributed by atoms with E-state index in [1.54, 1.807) is 13.8 Å². The summed E-state index contributed by atoms with van der Waals surface area (Å²) in [5, 5.41) is 35.4. The summed E-state index contributed by atoms with van der Waals surface area (Å²) in [4.78, 5) is 50.2. The summed E-state index contributed by atoms with van der Waals surface area (Å²) in [5.74, 6) is -3.95. The van der Waals surface area contributed by atoms with E-state index in [9.17, 15) is 34.5 Å². The molecule has 0 radical (unpaired) electrons. The van der Waals surface area contributed by atoms with Gasteiger partial charge in [0.25, 0.3) is 0 Å². The highest BCUT2D eigenvalue weighted by Gasteiger charge is 2.79. The normalized spacial score (nSPS) is 42.3. The highest BCUT2D eigenvalue weighted by Crippen LogP contribution is 2.68. The number of esters is 4. The van der Waals surface area contributed by atoms with E-state index < -0.39 is 88.5 Å². The van der Waals surface area contributed by atoms with Crippen LogP contribution in [-0.4, -0.2) is 93.6 Å². The van der Waals surface area contributed by atoms with Crippen LogP contribution < -0.4 is 0 Å². The van der Waals surface area contributed by atoms with Crippen LogP contribution in [0, 0.1) is 16.7 Å². The molecule has 12 nitrogen and oxygen atoms in total. The molecule has 0 amide bonds. The van der Waals surface area contributed by atoms with Crippen molar-refractivity contribution >= 4 is 23.9 Å². The molecule has 2 saturated carbocycles. The first-order valence-corrected chi connectivity index (χ1v) is 13.5. The molecular formula is C28H40O12. The summed E-state index contributed by atoms with van der Waals surface area (Å²) in [7, 11) is 0. The SMILES string of the molecule is CC(=O)OC1C2=C(C)C(O)CC2(C(C)(C)O)C(OC(C)=O)C2C3(OC(C)=O)COC3CC(OC(C)=O)C2(C)C1O. The molecule has 0 bridgehead atoms. The summed E-state index contributed by atoms with van der Waals surface area (Å²) in [6.45, 7) is 10.8. The van der Waals surface area contributed by atoms with Crippen LogP contribution in [0.5, 0.6) is 0 Å². The van der Waals surface area contributed by atoms with E-state index in [4.69, 9.17) is 23.7 Å². The number of rotatable bonds is 5. The molecule has 4 rings (SSSR count). The molecule has 10 atom stereocenters. The van der Waals surface area contributed by atoms with Crippen LogP contribution in [0.1, 0.15) is 68.2 Å². The number of aliphatic hydroxyl groups is 3. The Morgan fingerprint density at radius 2 is 1.52 bits per heavy atom. The van der Waals surface area contributed by atoms with Crippen molar-refractivity contribution in [1.82, 2.24) is 0 Å². The standard InChI is InChI=1S/C28H40O12/c1-12-17(33)10-27(25(6,7)35)20(12)21(38-14(3)30)23(34)26(8)18(37-13(2)29)9-19-28(11-36-19,40-16(5)32)22(26)24(27)39-15(4)31/h17-19,21-24,33-35H,9-11H2,1-8H3. The molecular weight excluding hydrogens is 528 g/mol. The first-order chi connectivity index (χ1) is 18.3. The lowest BCUT2D eigenvalue weighted by molar-refractivity contribution is -0.352. The number of carbonyl (C=O) groups excluding carboxylic acids is 4. The molecule has 40 heavy (non-hydrogen) atoms. The maximum absolute atomic E-state index is 12.8. The predicted molar refractivity (Wildman–Crippen MR) is 135 cm³/mol. The Morgan fingerprint density at radius 3 is 1.98 bits per heavy atom. The van der Waals surface area contributed by atoms with Crippen LogP contribution in [0.2, 0.25) is 0 Å². The third-order valence-corrected chi connectivity index (χ3v) is 9.61. The Hall–Kier alpha value is -2.54. The van der Waals surface area contributed by atoms with Gasteiger partial charge in [-0.05, 0) is 38.3 Å². The van der Waals surface area contributed by atoms with Crippen LogP contribution in [0.3, 0.4) is 0 Å². The Morgan fingerprint density at radius 1 is 0.950 bits per heavy atom. The van der Waals surface area contributed by atoms with Gasteiger partial charge in [0.15, 0.2) is 11.7 Å². The van der Waals surface area contributed by atoms with Gasteiger partial charge in [0.05, 0.1) is 29.6 Å². The van der Waals surface area contributed by atoms with Gasteiger partial charge >= 0.3 is 23.9 Å². The van der Waals surface area contributed by atoms with Crippen molar-refractivity contribution in [2.75, 3.05) is 6.61 Å². The molecule has 3 fully saturated rings. The fourth-order valence-corrected chi connectivity index (χ4v) is 8.05. The van der Waals surface area contributed by atoms with E-state index in [0.29, 0.717) is 5.57 Å². The second-order valence-electron chi connectivity index (χ2n) is 12.4. The lowest BCUT2D eigenvalue weighted by Gasteiger charge is -2.65. The number of hydrogen-bond acceptors (Lipinski definition) is 12. The van der Waals surface area contributed by atoms with E-state index in [1.807, 2.05) is 0 Å². The number of fused-ring (bicyclic) bond motifs is 4. The molecule has 1 aliphatic heterocycles. The topological polar surface area (TPSA) is 175 Å². The average Bonchev–Trinajstić information content (AvgIpc) is 3.03. The first-order valence-electron chi connectivity index (χ1n) is 13.5. The number of ether oxygens (including phenoxy) is 5. The second kappa shape index (κ2) is 9.78. The van der Waals surface area contributed by atoms with Gasteiger partial charge in [-0.15, -0.1) is 0 Å². The average molecular weight is 569 g/mol. The molecule has 4 aliphatic rings. The van der Waals surface area contributed by atoms with Crippen molar-refractivity contribution in [2.24, 2.45) is 16.7 Å². The van der Waals surface area contributed by atoms with Gasteiger partial charge in [-0.3, -0.25) is 19.2 Å². The van der Waals surface area contributed by atoms with E-state index in [-0.39, 0.29) is 25.0 Å². The summed E-state index contributed by atoms with van der Waals surface area (Å²) in [6, 6.07) is 0. The molecule has 1 heterocycles. The molecule has 1 saturated heterocycles. The number of aliphatic hydroxyl groups excluding tert-OH is 2. The molecule has 3 N–H and O–H groups in total. The molecule has 0 aromatic heterocycles. The van der Waals surface area contributed by atoms with Gasteiger partial charge in [-0.25, -0.2) is 0 Å². The minimum atomic E-state index is -1.75. The van der Waals surface area contributed by atoms with Crippen molar-refractivity contribution in [3.05, 3.63) is 11.1 Å². The fraction of sp³-hybridized carbons (Fsp3) is 0.786. The van der Waals surface area contributed by atoms with Gasteiger partial charge in [0.2, 0.25) is 0 Å². The fourth-order valence-electron chi connectivity index (χ4n) is 8.05. The van der Waals surface area contributed by atoms with E-state index in [2.05, 4.69) is 0 Å². The maximum Gasteiger partial charge on any atom is 0.303 e. The highest BCUT2D eigenvalue weighted by molar-refractivity contribution is 5.69. The van der Waals surface area contributed by atoms with Gasteiger partial charge in [0, 0.05) is 39.5 Å².